The molecule has 1 atom stereocenters. The highest BCUT2D eigenvalue weighted by Gasteiger charge is 2.48. The maximum Gasteiger partial charge on any atom is 0.415 e. The molecule has 0 radical (unpaired) electrons. The van der Waals surface area contributed by atoms with E-state index in [0.717, 1.165) is 0 Å². The van der Waals surface area contributed by atoms with Gasteiger partial charge in [0.2, 0.25) is 11.8 Å². The first-order valence-corrected chi connectivity index (χ1v) is 11.1. The van der Waals surface area contributed by atoms with Gasteiger partial charge in [0.25, 0.3) is 0 Å². The van der Waals surface area contributed by atoms with Crippen molar-refractivity contribution >= 4 is 46.6 Å². The van der Waals surface area contributed by atoms with E-state index >= 15 is 0 Å². The van der Waals surface area contributed by atoms with Gasteiger partial charge >= 0.3 is 6.09 Å². The summed E-state index contributed by atoms with van der Waals surface area (Å²) in [6, 6.07) is 14.2. The molecular weight excluding hydrogens is 448 g/mol. The molecule has 0 bridgehead atoms. The number of amides is 3. The molecule has 10 heteroatoms. The van der Waals surface area contributed by atoms with Crippen molar-refractivity contribution in [2.45, 2.75) is 5.60 Å². The van der Waals surface area contributed by atoms with E-state index in [4.69, 9.17) is 21.1 Å². The van der Waals surface area contributed by atoms with Crippen molar-refractivity contribution in [3.8, 4) is 0 Å². The number of ether oxygens (including phenoxy) is 2. The van der Waals surface area contributed by atoms with Crippen LogP contribution < -0.4 is 15.1 Å². The fraction of sp³-hybridized carbons (Fsp3) is 0.348. The minimum Gasteiger partial charge on any atom is -0.437 e. The average Bonchev–Trinajstić information content (AvgIpc) is 2.98. The van der Waals surface area contributed by atoms with Crippen LogP contribution in [0.15, 0.2) is 48.5 Å². The summed E-state index contributed by atoms with van der Waals surface area (Å²) >= 11 is 6.09. The molecule has 2 saturated heterocycles. The van der Waals surface area contributed by atoms with Gasteiger partial charge in [-0.3, -0.25) is 24.3 Å². The molecule has 3 amide bonds. The number of benzene rings is 2. The number of hydrogen-bond acceptors (Lipinski definition) is 6. The zero-order valence-corrected chi connectivity index (χ0v) is 18.6. The van der Waals surface area contributed by atoms with Gasteiger partial charge < -0.3 is 14.8 Å². The van der Waals surface area contributed by atoms with E-state index in [1.165, 1.54) is 9.80 Å². The molecule has 1 N–H and O–H groups in total. The van der Waals surface area contributed by atoms with E-state index in [2.05, 4.69) is 5.32 Å². The lowest BCUT2D eigenvalue weighted by atomic mass is 10.0. The first-order chi connectivity index (χ1) is 15.9. The number of rotatable bonds is 3. The number of carbonyl (C=O) groups excluding carboxylic acids is 3. The van der Waals surface area contributed by atoms with Crippen LogP contribution in [0.2, 0.25) is 5.02 Å². The lowest BCUT2D eigenvalue weighted by Gasteiger charge is -2.33. The molecule has 0 aliphatic carbocycles. The molecule has 2 aromatic rings. The highest BCUT2D eigenvalue weighted by Crippen LogP contribution is 2.32. The molecule has 1 spiro atoms. The van der Waals surface area contributed by atoms with E-state index in [1.807, 2.05) is 17.0 Å². The Hall–Kier alpha value is -3.14. The first kappa shape index (κ1) is 21.7. The third kappa shape index (κ3) is 4.39. The second kappa shape index (κ2) is 8.66. The zero-order valence-electron chi connectivity index (χ0n) is 17.8. The predicted molar refractivity (Wildman–Crippen MR) is 123 cm³/mol. The molecule has 3 aliphatic heterocycles. The van der Waals surface area contributed by atoms with Crippen molar-refractivity contribution in [3.05, 3.63) is 53.6 Å². The summed E-state index contributed by atoms with van der Waals surface area (Å²) in [6.07, 6.45) is -0.476. The minimum atomic E-state index is -0.909. The fourth-order valence-corrected chi connectivity index (χ4v) is 4.66. The third-order valence-electron chi connectivity index (χ3n) is 5.95. The van der Waals surface area contributed by atoms with Crippen LogP contribution in [0, 0.1) is 0 Å². The zero-order chi connectivity index (χ0) is 23.0. The summed E-state index contributed by atoms with van der Waals surface area (Å²) in [7, 11) is 0. The molecule has 33 heavy (non-hydrogen) atoms. The van der Waals surface area contributed by atoms with Crippen molar-refractivity contribution in [3.63, 3.8) is 0 Å². The minimum absolute atomic E-state index is 0.0388. The van der Waals surface area contributed by atoms with Crippen LogP contribution >= 0.6 is 11.6 Å². The number of anilines is 3. The molecule has 0 unspecified atom stereocenters. The van der Waals surface area contributed by atoms with Crippen LogP contribution in [0.3, 0.4) is 0 Å². The number of carbonyl (C=O) groups is 3. The normalized spacial score (nSPS) is 23.2. The van der Waals surface area contributed by atoms with Crippen LogP contribution in [0.1, 0.15) is 0 Å². The van der Waals surface area contributed by atoms with Crippen LogP contribution in [-0.4, -0.2) is 74.3 Å². The Labute approximate surface area is 195 Å². The van der Waals surface area contributed by atoms with Gasteiger partial charge in [-0.05, 0) is 30.3 Å². The smallest absolute Gasteiger partial charge is 0.415 e. The number of para-hydroxylation sites is 2. The lowest BCUT2D eigenvalue weighted by Crippen LogP contribution is -2.51. The molecule has 0 aromatic heterocycles. The number of nitrogens with zero attached hydrogens (tertiary/aromatic N) is 3. The van der Waals surface area contributed by atoms with E-state index in [-0.39, 0.29) is 38.1 Å². The predicted octanol–water partition coefficient (Wildman–Crippen LogP) is 2.35. The molecule has 9 nitrogen and oxygen atoms in total. The van der Waals surface area contributed by atoms with Gasteiger partial charge in [0.15, 0.2) is 5.60 Å². The van der Waals surface area contributed by atoms with Gasteiger partial charge in [0.1, 0.15) is 6.54 Å². The summed E-state index contributed by atoms with van der Waals surface area (Å²) in [5.41, 5.74) is 1.02. The SMILES string of the molecule is O=C1CN(C(=O)CN2CCOC[C@]3(C2)CN(c2cccc(Cl)c2)C(=O)O3)c2ccccc2N1. The molecule has 3 heterocycles. The quantitative estimate of drug-likeness (QED) is 0.740. The van der Waals surface area contributed by atoms with E-state index < -0.39 is 11.7 Å². The van der Waals surface area contributed by atoms with Gasteiger partial charge in [0, 0.05) is 23.8 Å². The maximum atomic E-state index is 13.2. The van der Waals surface area contributed by atoms with Crippen LogP contribution in [0.5, 0.6) is 0 Å². The van der Waals surface area contributed by atoms with Gasteiger partial charge in [-0.1, -0.05) is 29.8 Å². The topological polar surface area (TPSA) is 91.4 Å². The van der Waals surface area contributed by atoms with Crippen molar-refractivity contribution in [2.75, 3.05) is 61.1 Å². The Kier molecular flexibility index (Phi) is 5.69. The molecular formula is C23H23ClN4O5. The first-order valence-electron chi connectivity index (χ1n) is 10.7. The Morgan fingerprint density at radius 3 is 2.82 bits per heavy atom. The molecule has 2 aromatic carbocycles. The monoisotopic (exact) mass is 470 g/mol. The van der Waals surface area contributed by atoms with Crippen molar-refractivity contribution < 1.29 is 23.9 Å². The molecule has 0 saturated carbocycles. The largest absolute Gasteiger partial charge is 0.437 e. The summed E-state index contributed by atoms with van der Waals surface area (Å²) < 4.78 is 11.6. The number of fused-ring (bicyclic) bond motifs is 1. The molecule has 5 rings (SSSR count). The van der Waals surface area contributed by atoms with E-state index in [9.17, 15) is 14.4 Å². The van der Waals surface area contributed by atoms with Gasteiger partial charge in [0.05, 0.1) is 37.7 Å². The summed E-state index contributed by atoms with van der Waals surface area (Å²) in [5.74, 6) is -0.440. The highest BCUT2D eigenvalue weighted by atomic mass is 35.5. The van der Waals surface area contributed by atoms with Crippen molar-refractivity contribution in [1.82, 2.24) is 4.90 Å². The Bertz CT molecular complexity index is 1110. The summed E-state index contributed by atoms with van der Waals surface area (Å²) in [5, 5.41) is 3.31. The van der Waals surface area contributed by atoms with Crippen molar-refractivity contribution in [2.24, 2.45) is 0 Å². The van der Waals surface area contributed by atoms with Crippen molar-refractivity contribution in [1.29, 1.82) is 0 Å². The summed E-state index contributed by atoms with van der Waals surface area (Å²) in [6.45, 7) is 1.79. The molecule has 2 fully saturated rings. The second-order valence-electron chi connectivity index (χ2n) is 8.43. The highest BCUT2D eigenvalue weighted by molar-refractivity contribution is 6.30. The van der Waals surface area contributed by atoms with Gasteiger partial charge in [-0.2, -0.15) is 0 Å². The Morgan fingerprint density at radius 2 is 1.97 bits per heavy atom. The Balaban J connectivity index is 1.32. The average molecular weight is 471 g/mol. The van der Waals surface area contributed by atoms with E-state index in [0.29, 0.717) is 41.8 Å². The van der Waals surface area contributed by atoms with Gasteiger partial charge in [-0.25, -0.2) is 4.79 Å². The Morgan fingerprint density at radius 1 is 1.12 bits per heavy atom. The second-order valence-corrected chi connectivity index (χ2v) is 8.86. The summed E-state index contributed by atoms with van der Waals surface area (Å²) in [4.78, 5) is 42.9. The lowest BCUT2D eigenvalue weighted by molar-refractivity contribution is -0.123. The van der Waals surface area contributed by atoms with Crippen LogP contribution in [0.25, 0.3) is 0 Å². The number of nitrogens with one attached hydrogen (secondary N) is 1. The van der Waals surface area contributed by atoms with E-state index in [1.54, 1.807) is 36.4 Å². The van der Waals surface area contributed by atoms with Crippen LogP contribution in [0.4, 0.5) is 21.9 Å². The molecule has 172 valence electrons. The standard InChI is InChI=1S/C23H23ClN4O5/c24-16-4-3-5-17(10-16)28-14-23(33-22(28)31)13-26(8-9-32-15-23)12-21(30)27-11-20(29)25-18-6-1-2-7-19(18)27/h1-7,10H,8-9,11-15H2,(H,25,29)/t23-/m0/s1. The van der Waals surface area contributed by atoms with Crippen LogP contribution in [-0.2, 0) is 19.1 Å². The number of halogens is 1. The fourth-order valence-electron chi connectivity index (χ4n) is 4.47. The third-order valence-corrected chi connectivity index (χ3v) is 6.18. The molecule has 3 aliphatic rings. The van der Waals surface area contributed by atoms with Gasteiger partial charge in [-0.15, -0.1) is 0 Å². The number of hydrogen-bond donors (Lipinski definition) is 1. The maximum absolute atomic E-state index is 13.2.